The number of aliphatic imine (C=N–C) groups is 1. The van der Waals surface area contributed by atoms with Crippen molar-refractivity contribution in [3.8, 4) is 0 Å². The van der Waals surface area contributed by atoms with Crippen molar-refractivity contribution >= 4 is 5.84 Å². The first-order valence-electron chi connectivity index (χ1n) is 3.97. The maximum Gasteiger partial charge on any atom is 0.296 e. The second-order valence-electron chi connectivity index (χ2n) is 2.68. The van der Waals surface area contributed by atoms with E-state index in [4.69, 9.17) is 0 Å². The van der Waals surface area contributed by atoms with Crippen molar-refractivity contribution in [3.63, 3.8) is 0 Å². The van der Waals surface area contributed by atoms with Crippen molar-refractivity contribution in [2.75, 3.05) is 6.54 Å². The van der Waals surface area contributed by atoms with Crippen LogP contribution in [0.2, 0.25) is 0 Å². The first-order valence-corrected chi connectivity index (χ1v) is 3.97. The highest BCUT2D eigenvalue weighted by molar-refractivity contribution is 5.74. The molecule has 56 valence electrons. The summed E-state index contributed by atoms with van der Waals surface area (Å²) in [5, 5.41) is 0. The zero-order chi connectivity index (χ0) is 7.52. The topological polar surface area (TPSA) is 16.2 Å². The molecule has 0 bridgehead atoms. The summed E-state index contributed by atoms with van der Waals surface area (Å²) in [5.41, 5.74) is 0. The van der Waals surface area contributed by atoms with Gasteiger partial charge in [-0.25, -0.2) is 4.57 Å². The number of pyridine rings is 1. The van der Waals surface area contributed by atoms with Crippen LogP contribution in [-0.2, 0) is 0 Å². The number of aromatic nitrogens is 1. The molecule has 0 N–H and O–H groups in total. The van der Waals surface area contributed by atoms with Gasteiger partial charge in [0.15, 0.2) is 0 Å². The maximum absolute atomic E-state index is 4.39. The summed E-state index contributed by atoms with van der Waals surface area (Å²) in [6.45, 7) is 0.997. The van der Waals surface area contributed by atoms with Gasteiger partial charge in [0.1, 0.15) is 6.54 Å². The standard InChI is InChI=1S/C9H11N2/c1-2-7-11(8-3-1)9-5-4-6-10-9/h1-3,7-8H,4-6H2/q+1. The molecule has 0 unspecified atom stereocenters. The predicted octanol–water partition coefficient (Wildman–Crippen LogP) is 1.01. The van der Waals surface area contributed by atoms with Crippen LogP contribution in [0, 0.1) is 0 Å². The lowest BCUT2D eigenvalue weighted by atomic mass is 10.3. The average Bonchev–Trinajstić information content (AvgIpc) is 2.58. The van der Waals surface area contributed by atoms with Gasteiger partial charge in [0, 0.05) is 6.42 Å². The van der Waals surface area contributed by atoms with E-state index in [1.165, 1.54) is 12.3 Å². The molecule has 2 nitrogen and oxygen atoms in total. The second-order valence-corrected chi connectivity index (χ2v) is 2.68. The lowest BCUT2D eigenvalue weighted by molar-refractivity contribution is -0.557. The lowest BCUT2D eigenvalue weighted by Crippen LogP contribution is -2.40. The molecule has 0 amide bonds. The second kappa shape index (κ2) is 2.82. The molecule has 2 rings (SSSR count). The zero-order valence-electron chi connectivity index (χ0n) is 6.40. The molecule has 2 heteroatoms. The summed E-state index contributed by atoms with van der Waals surface area (Å²) in [5.74, 6) is 1.20. The van der Waals surface area contributed by atoms with Crippen molar-refractivity contribution in [2.24, 2.45) is 4.99 Å². The Morgan fingerprint density at radius 1 is 1.18 bits per heavy atom. The molecule has 0 spiro atoms. The highest BCUT2D eigenvalue weighted by Gasteiger charge is 2.16. The highest BCUT2D eigenvalue weighted by atomic mass is 15.0. The van der Waals surface area contributed by atoms with Crippen LogP contribution in [0.5, 0.6) is 0 Å². The van der Waals surface area contributed by atoms with Gasteiger partial charge in [0.05, 0.1) is 18.8 Å². The van der Waals surface area contributed by atoms with Gasteiger partial charge in [0.25, 0.3) is 5.84 Å². The van der Waals surface area contributed by atoms with E-state index in [0.717, 1.165) is 13.0 Å². The minimum absolute atomic E-state index is 0.997. The van der Waals surface area contributed by atoms with Gasteiger partial charge >= 0.3 is 0 Å². The van der Waals surface area contributed by atoms with E-state index in [0.29, 0.717) is 0 Å². The summed E-state index contributed by atoms with van der Waals surface area (Å²) in [7, 11) is 0. The zero-order valence-corrected chi connectivity index (χ0v) is 6.40. The van der Waals surface area contributed by atoms with Crippen LogP contribution < -0.4 is 4.57 Å². The Bertz CT molecular complexity index is 264. The molecule has 0 atom stereocenters. The van der Waals surface area contributed by atoms with Crippen molar-refractivity contribution in [1.82, 2.24) is 0 Å². The fourth-order valence-electron chi connectivity index (χ4n) is 1.31. The molecule has 1 aliphatic rings. The number of hydrogen-bond donors (Lipinski definition) is 0. The molecule has 2 heterocycles. The summed E-state index contributed by atoms with van der Waals surface area (Å²) in [6, 6.07) is 6.08. The molecule has 0 saturated heterocycles. The predicted molar refractivity (Wildman–Crippen MR) is 43.6 cm³/mol. The molecule has 11 heavy (non-hydrogen) atoms. The van der Waals surface area contributed by atoms with E-state index in [1.807, 2.05) is 30.6 Å². The molecule has 1 aliphatic heterocycles. The number of rotatable bonds is 0. The Morgan fingerprint density at radius 2 is 2.00 bits per heavy atom. The van der Waals surface area contributed by atoms with Crippen LogP contribution in [-0.4, -0.2) is 12.4 Å². The van der Waals surface area contributed by atoms with Gasteiger partial charge in [-0.3, -0.25) is 0 Å². The minimum atomic E-state index is 0.997. The monoisotopic (exact) mass is 147 g/mol. The van der Waals surface area contributed by atoms with Gasteiger partial charge in [-0.1, -0.05) is 11.1 Å². The van der Waals surface area contributed by atoms with Gasteiger partial charge in [-0.15, -0.1) is 0 Å². The van der Waals surface area contributed by atoms with E-state index in [1.54, 1.807) is 0 Å². The lowest BCUT2D eigenvalue weighted by Gasteiger charge is -1.92. The van der Waals surface area contributed by atoms with Crippen molar-refractivity contribution in [2.45, 2.75) is 12.8 Å². The molecule has 1 aromatic heterocycles. The smallest absolute Gasteiger partial charge is 0.208 e. The number of nitrogens with zero attached hydrogens (tertiary/aromatic N) is 2. The third kappa shape index (κ3) is 1.29. The van der Waals surface area contributed by atoms with Gasteiger partial charge in [0.2, 0.25) is 0 Å². The Morgan fingerprint density at radius 3 is 2.64 bits per heavy atom. The SMILES string of the molecule is c1cc[n+](C2=NCCC2)cc1. The molecule has 0 aromatic carbocycles. The molecule has 1 aromatic rings. The third-order valence-corrected chi connectivity index (χ3v) is 1.87. The van der Waals surface area contributed by atoms with Crippen LogP contribution in [0.15, 0.2) is 35.6 Å². The van der Waals surface area contributed by atoms with Crippen molar-refractivity contribution < 1.29 is 4.57 Å². The molecular formula is C9H11N2+. The van der Waals surface area contributed by atoms with Gasteiger partial charge in [-0.2, -0.15) is 0 Å². The highest BCUT2D eigenvalue weighted by Crippen LogP contribution is 2.00. The largest absolute Gasteiger partial charge is 0.296 e. The molecule has 0 radical (unpaired) electrons. The molecule has 0 fully saturated rings. The van der Waals surface area contributed by atoms with E-state index in [2.05, 4.69) is 9.56 Å². The van der Waals surface area contributed by atoms with Gasteiger partial charge < -0.3 is 0 Å². The third-order valence-electron chi connectivity index (χ3n) is 1.87. The van der Waals surface area contributed by atoms with Crippen LogP contribution in [0.3, 0.4) is 0 Å². The molecule has 0 saturated carbocycles. The normalized spacial score (nSPS) is 16.5. The summed E-state index contributed by atoms with van der Waals surface area (Å²) >= 11 is 0. The Kier molecular flexibility index (Phi) is 1.68. The van der Waals surface area contributed by atoms with Crippen molar-refractivity contribution in [3.05, 3.63) is 30.6 Å². The van der Waals surface area contributed by atoms with Gasteiger partial charge in [-0.05, 0) is 12.1 Å². The average molecular weight is 147 g/mol. The number of hydrogen-bond acceptors (Lipinski definition) is 1. The first kappa shape index (κ1) is 6.53. The molecular weight excluding hydrogens is 136 g/mol. The first-order chi connectivity index (χ1) is 5.47. The van der Waals surface area contributed by atoms with Crippen LogP contribution in [0.1, 0.15) is 12.8 Å². The van der Waals surface area contributed by atoms with Crippen LogP contribution in [0.25, 0.3) is 0 Å². The fraction of sp³-hybridized carbons (Fsp3) is 0.333. The van der Waals surface area contributed by atoms with E-state index in [9.17, 15) is 0 Å². The Labute approximate surface area is 66.2 Å². The molecule has 0 aliphatic carbocycles. The van der Waals surface area contributed by atoms with Crippen molar-refractivity contribution in [1.29, 1.82) is 0 Å². The maximum atomic E-state index is 4.39. The minimum Gasteiger partial charge on any atom is -0.208 e. The van der Waals surface area contributed by atoms with Crippen LogP contribution >= 0.6 is 0 Å². The summed E-state index contributed by atoms with van der Waals surface area (Å²) < 4.78 is 2.09. The quantitative estimate of drug-likeness (QED) is 0.487. The van der Waals surface area contributed by atoms with Crippen LogP contribution in [0.4, 0.5) is 0 Å². The van der Waals surface area contributed by atoms with E-state index < -0.39 is 0 Å². The summed E-state index contributed by atoms with van der Waals surface area (Å²) in [4.78, 5) is 4.39. The fourth-order valence-corrected chi connectivity index (χ4v) is 1.31. The van der Waals surface area contributed by atoms with E-state index in [-0.39, 0.29) is 0 Å². The van der Waals surface area contributed by atoms with E-state index >= 15 is 0 Å². The Balaban J connectivity index is 2.29. The Hall–Kier alpha value is -1.18. The summed E-state index contributed by atoms with van der Waals surface area (Å²) in [6.07, 6.45) is 6.42.